The van der Waals surface area contributed by atoms with E-state index in [-0.39, 0.29) is 16.9 Å². The maximum absolute atomic E-state index is 13.3. The Morgan fingerprint density at radius 3 is 2.06 bits per heavy atom. The average molecular weight is 499 g/mol. The SMILES string of the molecule is COc1ccc(Cl)cc1C(=O)Nc1ccccc1C(=O)Nc1ccc(C)cc1C(=O)c1ccccc1. The number of amides is 2. The third-order valence-electron chi connectivity index (χ3n) is 5.53. The molecular formula is C29H23ClN2O4. The summed E-state index contributed by atoms with van der Waals surface area (Å²) < 4.78 is 5.27. The van der Waals surface area contributed by atoms with Crippen LogP contribution in [0.4, 0.5) is 11.4 Å². The van der Waals surface area contributed by atoms with Gasteiger partial charge in [0.2, 0.25) is 0 Å². The summed E-state index contributed by atoms with van der Waals surface area (Å²) in [7, 11) is 1.46. The molecule has 4 aromatic rings. The molecule has 7 heteroatoms. The largest absolute Gasteiger partial charge is 0.496 e. The minimum absolute atomic E-state index is 0.204. The molecule has 2 N–H and O–H groups in total. The van der Waals surface area contributed by atoms with Crippen LogP contribution in [0.15, 0.2) is 91.0 Å². The Bertz CT molecular complexity index is 1450. The minimum Gasteiger partial charge on any atom is -0.496 e. The van der Waals surface area contributed by atoms with Crippen LogP contribution in [0.25, 0.3) is 0 Å². The van der Waals surface area contributed by atoms with E-state index < -0.39 is 11.8 Å². The molecule has 0 radical (unpaired) electrons. The fraction of sp³-hybridized carbons (Fsp3) is 0.0690. The molecule has 0 aliphatic rings. The number of ketones is 1. The Morgan fingerprint density at radius 2 is 1.33 bits per heavy atom. The standard InChI is InChI=1S/C29H23ClN2O4/c1-18-12-14-25(22(16-18)27(33)19-8-4-3-5-9-19)32-28(34)21-10-6-7-11-24(21)31-29(35)23-17-20(30)13-15-26(23)36-2/h3-17H,1-2H3,(H,31,35)(H,32,34). The summed E-state index contributed by atoms with van der Waals surface area (Å²) >= 11 is 6.06. The van der Waals surface area contributed by atoms with Crippen LogP contribution in [0.5, 0.6) is 5.75 Å². The summed E-state index contributed by atoms with van der Waals surface area (Å²) in [5.74, 6) is -0.813. The highest BCUT2D eigenvalue weighted by atomic mass is 35.5. The van der Waals surface area contributed by atoms with Crippen molar-refractivity contribution in [2.75, 3.05) is 17.7 Å². The fourth-order valence-corrected chi connectivity index (χ4v) is 3.90. The maximum atomic E-state index is 13.3. The van der Waals surface area contributed by atoms with Gasteiger partial charge in [-0.1, -0.05) is 65.7 Å². The van der Waals surface area contributed by atoms with Crippen molar-refractivity contribution in [1.29, 1.82) is 0 Å². The molecule has 0 bridgehead atoms. The van der Waals surface area contributed by atoms with Crippen molar-refractivity contribution in [3.05, 3.63) is 124 Å². The molecule has 4 aromatic carbocycles. The van der Waals surface area contributed by atoms with Crippen LogP contribution in [0, 0.1) is 6.92 Å². The highest BCUT2D eigenvalue weighted by Gasteiger charge is 2.20. The van der Waals surface area contributed by atoms with Gasteiger partial charge in [-0.15, -0.1) is 0 Å². The summed E-state index contributed by atoms with van der Waals surface area (Å²) in [6.07, 6.45) is 0. The van der Waals surface area contributed by atoms with E-state index in [1.54, 1.807) is 72.8 Å². The molecule has 0 aromatic heterocycles. The molecule has 0 heterocycles. The van der Waals surface area contributed by atoms with E-state index in [0.29, 0.717) is 33.3 Å². The molecule has 36 heavy (non-hydrogen) atoms. The van der Waals surface area contributed by atoms with E-state index in [1.165, 1.54) is 13.2 Å². The van der Waals surface area contributed by atoms with Crippen molar-refractivity contribution in [3.63, 3.8) is 0 Å². The minimum atomic E-state index is -0.482. The topological polar surface area (TPSA) is 84.5 Å². The number of carbonyl (C=O) groups excluding carboxylic acids is 3. The fourth-order valence-electron chi connectivity index (χ4n) is 3.73. The molecule has 0 fully saturated rings. The van der Waals surface area contributed by atoms with Gasteiger partial charge >= 0.3 is 0 Å². The molecule has 180 valence electrons. The van der Waals surface area contributed by atoms with Gasteiger partial charge in [-0.3, -0.25) is 14.4 Å². The lowest BCUT2D eigenvalue weighted by molar-refractivity contribution is 0.102. The summed E-state index contributed by atoms with van der Waals surface area (Å²) in [6, 6.07) is 25.4. The second-order valence-electron chi connectivity index (χ2n) is 8.04. The lowest BCUT2D eigenvalue weighted by Crippen LogP contribution is -2.20. The third-order valence-corrected chi connectivity index (χ3v) is 5.77. The van der Waals surface area contributed by atoms with Gasteiger partial charge in [-0.2, -0.15) is 0 Å². The van der Waals surface area contributed by atoms with Gasteiger partial charge in [0.05, 0.1) is 29.6 Å². The van der Waals surface area contributed by atoms with Gasteiger partial charge in [-0.05, 0) is 49.4 Å². The van der Waals surface area contributed by atoms with Gasteiger partial charge in [0.25, 0.3) is 11.8 Å². The molecule has 0 saturated carbocycles. The van der Waals surface area contributed by atoms with Crippen LogP contribution in [0.3, 0.4) is 0 Å². The first-order valence-electron chi connectivity index (χ1n) is 11.1. The number of nitrogens with one attached hydrogen (secondary N) is 2. The zero-order chi connectivity index (χ0) is 25.7. The molecule has 2 amide bonds. The van der Waals surface area contributed by atoms with Crippen molar-refractivity contribution in [2.24, 2.45) is 0 Å². The summed E-state index contributed by atoms with van der Waals surface area (Å²) in [5, 5.41) is 5.97. The lowest BCUT2D eigenvalue weighted by atomic mass is 9.99. The summed E-state index contributed by atoms with van der Waals surface area (Å²) in [6.45, 7) is 1.88. The Morgan fingerprint density at radius 1 is 0.694 bits per heavy atom. The number of anilines is 2. The number of benzene rings is 4. The summed E-state index contributed by atoms with van der Waals surface area (Å²) in [5.41, 5.74) is 2.90. The number of aryl methyl sites for hydroxylation is 1. The number of methoxy groups -OCH3 is 1. The number of hydrogen-bond donors (Lipinski definition) is 2. The predicted molar refractivity (Wildman–Crippen MR) is 141 cm³/mol. The molecule has 6 nitrogen and oxygen atoms in total. The normalized spacial score (nSPS) is 10.4. The van der Waals surface area contributed by atoms with Crippen molar-refractivity contribution in [1.82, 2.24) is 0 Å². The third kappa shape index (κ3) is 5.45. The van der Waals surface area contributed by atoms with Gasteiger partial charge in [0.15, 0.2) is 5.78 Å². The van der Waals surface area contributed by atoms with E-state index in [0.717, 1.165) is 5.56 Å². The number of para-hydroxylation sites is 1. The van der Waals surface area contributed by atoms with E-state index in [9.17, 15) is 14.4 Å². The van der Waals surface area contributed by atoms with E-state index in [2.05, 4.69) is 10.6 Å². The van der Waals surface area contributed by atoms with Crippen molar-refractivity contribution >= 4 is 40.6 Å². The van der Waals surface area contributed by atoms with Crippen LogP contribution >= 0.6 is 11.6 Å². The van der Waals surface area contributed by atoms with Gasteiger partial charge in [0, 0.05) is 16.1 Å². The van der Waals surface area contributed by atoms with Crippen molar-refractivity contribution in [2.45, 2.75) is 6.92 Å². The first kappa shape index (κ1) is 24.7. The van der Waals surface area contributed by atoms with E-state index >= 15 is 0 Å². The quantitative estimate of drug-likeness (QED) is 0.289. The van der Waals surface area contributed by atoms with Crippen molar-refractivity contribution in [3.8, 4) is 5.75 Å². The lowest BCUT2D eigenvalue weighted by Gasteiger charge is -2.15. The highest BCUT2D eigenvalue weighted by Crippen LogP contribution is 2.26. The number of halogens is 1. The molecular weight excluding hydrogens is 476 g/mol. The number of hydrogen-bond acceptors (Lipinski definition) is 4. The monoisotopic (exact) mass is 498 g/mol. The predicted octanol–water partition coefficient (Wildman–Crippen LogP) is 6.39. The second kappa shape index (κ2) is 10.9. The maximum Gasteiger partial charge on any atom is 0.259 e. The van der Waals surface area contributed by atoms with Crippen LogP contribution in [-0.4, -0.2) is 24.7 Å². The van der Waals surface area contributed by atoms with Gasteiger partial charge in [0.1, 0.15) is 5.75 Å². The number of carbonyl (C=O) groups is 3. The number of ether oxygens (including phenoxy) is 1. The second-order valence-corrected chi connectivity index (χ2v) is 8.48. The van der Waals surface area contributed by atoms with E-state index in [1.807, 2.05) is 19.1 Å². The molecule has 0 aliphatic carbocycles. The van der Waals surface area contributed by atoms with Crippen molar-refractivity contribution < 1.29 is 19.1 Å². The number of rotatable bonds is 7. The smallest absolute Gasteiger partial charge is 0.259 e. The van der Waals surface area contributed by atoms with Gasteiger partial charge in [-0.25, -0.2) is 0 Å². The Labute approximate surface area is 213 Å². The van der Waals surface area contributed by atoms with E-state index in [4.69, 9.17) is 16.3 Å². The molecule has 4 rings (SSSR count). The molecule has 0 spiro atoms. The van der Waals surface area contributed by atoms with Crippen LogP contribution < -0.4 is 15.4 Å². The zero-order valence-corrected chi connectivity index (χ0v) is 20.4. The molecule has 0 unspecified atom stereocenters. The summed E-state index contributed by atoms with van der Waals surface area (Å²) in [4.78, 5) is 39.5. The van der Waals surface area contributed by atoms with Crippen LogP contribution in [0.2, 0.25) is 5.02 Å². The first-order chi connectivity index (χ1) is 17.4. The van der Waals surface area contributed by atoms with Crippen LogP contribution in [-0.2, 0) is 0 Å². The average Bonchev–Trinajstić information content (AvgIpc) is 2.90. The Kier molecular flexibility index (Phi) is 7.47. The highest BCUT2D eigenvalue weighted by molar-refractivity contribution is 6.31. The van der Waals surface area contributed by atoms with Crippen LogP contribution in [0.1, 0.15) is 42.2 Å². The molecule has 0 atom stereocenters. The van der Waals surface area contributed by atoms with Gasteiger partial charge < -0.3 is 15.4 Å². The molecule has 0 aliphatic heterocycles. The molecule has 0 saturated heterocycles. The Balaban J connectivity index is 1.62. The first-order valence-corrected chi connectivity index (χ1v) is 11.5. The Hall–Kier alpha value is -4.42. The zero-order valence-electron chi connectivity index (χ0n) is 19.7.